The molecule has 0 unspecified atom stereocenters. The third-order valence-electron chi connectivity index (χ3n) is 4.53. The fourth-order valence-electron chi connectivity index (χ4n) is 3.19. The van der Waals surface area contributed by atoms with Gasteiger partial charge in [0.15, 0.2) is 0 Å². The minimum Gasteiger partial charge on any atom is -0.398 e. The van der Waals surface area contributed by atoms with Gasteiger partial charge < -0.3 is 5.73 Å². The third-order valence-corrected chi connectivity index (χ3v) is 4.53. The minimum absolute atomic E-state index is 0.134. The molecule has 2 N–H and O–H groups in total. The monoisotopic (exact) mass is 353 g/mol. The van der Waals surface area contributed by atoms with Crippen LogP contribution in [0.25, 0.3) is 22.3 Å². The first-order chi connectivity index (χ1) is 13.2. The fourth-order valence-corrected chi connectivity index (χ4v) is 3.19. The van der Waals surface area contributed by atoms with E-state index in [0.717, 1.165) is 22.3 Å². The van der Waals surface area contributed by atoms with Crippen molar-refractivity contribution in [1.82, 2.24) is 9.78 Å². The van der Waals surface area contributed by atoms with E-state index in [2.05, 4.69) is 5.10 Å². The number of hydrogen-bond donors (Lipinski definition) is 1. The van der Waals surface area contributed by atoms with Crippen molar-refractivity contribution in [1.29, 1.82) is 0 Å². The maximum Gasteiger partial charge on any atom is 0.275 e. The van der Waals surface area contributed by atoms with Gasteiger partial charge in [-0.1, -0.05) is 78.9 Å². The smallest absolute Gasteiger partial charge is 0.275 e. The van der Waals surface area contributed by atoms with E-state index in [-0.39, 0.29) is 5.56 Å². The van der Waals surface area contributed by atoms with Crippen LogP contribution in [0, 0.1) is 0 Å². The second-order valence-corrected chi connectivity index (χ2v) is 6.33. The van der Waals surface area contributed by atoms with Gasteiger partial charge in [-0.15, -0.1) is 0 Å². The first-order valence-electron chi connectivity index (χ1n) is 8.78. The van der Waals surface area contributed by atoms with Crippen molar-refractivity contribution >= 4 is 5.69 Å². The van der Waals surface area contributed by atoms with Gasteiger partial charge in [0, 0.05) is 16.8 Å². The van der Waals surface area contributed by atoms with Crippen LogP contribution in [-0.2, 0) is 6.54 Å². The summed E-state index contributed by atoms with van der Waals surface area (Å²) in [6.45, 7) is 0.421. The fraction of sp³-hybridized carbons (Fsp3) is 0.0435. The van der Waals surface area contributed by atoms with Gasteiger partial charge >= 0.3 is 0 Å². The van der Waals surface area contributed by atoms with E-state index in [1.807, 2.05) is 84.9 Å². The second kappa shape index (κ2) is 7.30. The maximum absolute atomic E-state index is 13.3. The van der Waals surface area contributed by atoms with Crippen LogP contribution in [0.1, 0.15) is 5.56 Å². The Morgan fingerprint density at radius 1 is 0.778 bits per heavy atom. The molecular weight excluding hydrogens is 334 g/mol. The molecule has 0 spiro atoms. The molecule has 132 valence electrons. The number of nitrogens with two attached hydrogens (primary N) is 1. The van der Waals surface area contributed by atoms with Crippen molar-refractivity contribution < 1.29 is 0 Å². The number of nitrogens with zero attached hydrogens (tertiary/aromatic N) is 2. The van der Waals surface area contributed by atoms with E-state index >= 15 is 0 Å². The zero-order chi connectivity index (χ0) is 18.6. The van der Waals surface area contributed by atoms with Gasteiger partial charge in [0.1, 0.15) is 0 Å². The third kappa shape index (κ3) is 3.37. The zero-order valence-electron chi connectivity index (χ0n) is 14.7. The summed E-state index contributed by atoms with van der Waals surface area (Å²) in [7, 11) is 0. The van der Waals surface area contributed by atoms with E-state index in [1.54, 1.807) is 6.20 Å². The first-order valence-corrected chi connectivity index (χ1v) is 8.78. The highest BCUT2D eigenvalue weighted by molar-refractivity contribution is 5.87. The Morgan fingerprint density at radius 3 is 2.11 bits per heavy atom. The Labute approximate surface area is 157 Å². The number of aromatic nitrogens is 2. The van der Waals surface area contributed by atoms with Gasteiger partial charge in [-0.2, -0.15) is 5.10 Å². The number of nitrogen functional groups attached to an aromatic ring is 1. The normalized spacial score (nSPS) is 10.7. The molecule has 4 heteroatoms. The van der Waals surface area contributed by atoms with Crippen LogP contribution in [0.5, 0.6) is 0 Å². The number of hydrogen-bond acceptors (Lipinski definition) is 3. The molecule has 4 rings (SSSR count). The number of para-hydroxylation sites is 1. The largest absolute Gasteiger partial charge is 0.398 e. The van der Waals surface area contributed by atoms with E-state index in [9.17, 15) is 4.79 Å². The summed E-state index contributed by atoms with van der Waals surface area (Å²) in [5.74, 6) is 0. The predicted octanol–water partition coefficient (Wildman–Crippen LogP) is 4.21. The first kappa shape index (κ1) is 16.8. The number of benzene rings is 3. The van der Waals surface area contributed by atoms with Crippen molar-refractivity contribution in [3.05, 3.63) is 107 Å². The van der Waals surface area contributed by atoms with Crippen LogP contribution in [0.4, 0.5) is 5.69 Å². The summed E-state index contributed by atoms with van der Waals surface area (Å²) in [6.07, 6.45) is 1.73. The van der Waals surface area contributed by atoms with E-state index in [1.165, 1.54) is 4.68 Å². The zero-order valence-corrected chi connectivity index (χ0v) is 14.7. The van der Waals surface area contributed by atoms with Crippen LogP contribution in [0.3, 0.4) is 0 Å². The van der Waals surface area contributed by atoms with Crippen LogP contribution in [0.2, 0.25) is 0 Å². The second-order valence-electron chi connectivity index (χ2n) is 6.33. The Bertz CT molecular complexity index is 1120. The van der Waals surface area contributed by atoms with Crippen molar-refractivity contribution in [2.75, 3.05) is 5.73 Å². The molecule has 0 atom stereocenters. The average Bonchev–Trinajstić information content (AvgIpc) is 2.71. The van der Waals surface area contributed by atoms with Crippen molar-refractivity contribution in [2.24, 2.45) is 0 Å². The molecule has 0 bridgehead atoms. The molecule has 0 radical (unpaired) electrons. The lowest BCUT2D eigenvalue weighted by molar-refractivity contribution is 0.642. The summed E-state index contributed by atoms with van der Waals surface area (Å²) in [4.78, 5) is 13.3. The Hall–Kier alpha value is -3.66. The maximum atomic E-state index is 13.3. The highest BCUT2D eigenvalue weighted by Crippen LogP contribution is 2.32. The molecule has 27 heavy (non-hydrogen) atoms. The Kier molecular flexibility index (Phi) is 4.54. The van der Waals surface area contributed by atoms with Gasteiger partial charge in [0.2, 0.25) is 0 Å². The quantitative estimate of drug-likeness (QED) is 0.559. The van der Waals surface area contributed by atoms with Gasteiger partial charge in [0.05, 0.1) is 18.3 Å². The standard InChI is InChI=1S/C23H19N3O/c24-21-14-8-7-13-19(21)20-15-25-26(16-17-9-3-1-4-10-17)23(27)22(20)18-11-5-2-6-12-18/h1-15H,16,24H2. The van der Waals surface area contributed by atoms with Crippen LogP contribution >= 0.6 is 0 Å². The summed E-state index contributed by atoms with van der Waals surface area (Å²) in [5, 5.41) is 4.43. The number of rotatable bonds is 4. The van der Waals surface area contributed by atoms with Crippen molar-refractivity contribution in [3.63, 3.8) is 0 Å². The summed E-state index contributed by atoms with van der Waals surface area (Å²) >= 11 is 0. The molecule has 1 heterocycles. The van der Waals surface area contributed by atoms with Crippen molar-refractivity contribution in [3.8, 4) is 22.3 Å². The molecule has 0 aliphatic heterocycles. The van der Waals surface area contributed by atoms with Gasteiger partial charge in [-0.05, 0) is 17.2 Å². The number of anilines is 1. The Balaban J connectivity index is 1.92. The molecular formula is C23H19N3O. The van der Waals surface area contributed by atoms with Crippen LogP contribution in [-0.4, -0.2) is 9.78 Å². The molecule has 0 aliphatic rings. The molecule has 0 aliphatic carbocycles. The van der Waals surface area contributed by atoms with Crippen LogP contribution in [0.15, 0.2) is 95.9 Å². The van der Waals surface area contributed by atoms with Gasteiger partial charge in [0.25, 0.3) is 5.56 Å². The van der Waals surface area contributed by atoms with E-state index in [0.29, 0.717) is 17.8 Å². The molecule has 1 aromatic heterocycles. The lowest BCUT2D eigenvalue weighted by atomic mass is 9.96. The molecule has 0 amide bonds. The molecule has 4 aromatic rings. The molecule has 0 saturated heterocycles. The highest BCUT2D eigenvalue weighted by Gasteiger charge is 2.16. The summed E-state index contributed by atoms with van der Waals surface area (Å²) in [6, 6.07) is 27.0. The van der Waals surface area contributed by atoms with Gasteiger partial charge in [-0.3, -0.25) is 4.79 Å². The lowest BCUT2D eigenvalue weighted by Gasteiger charge is -2.14. The predicted molar refractivity (Wildman–Crippen MR) is 109 cm³/mol. The lowest BCUT2D eigenvalue weighted by Crippen LogP contribution is -2.25. The molecule has 4 nitrogen and oxygen atoms in total. The molecule has 0 saturated carbocycles. The average molecular weight is 353 g/mol. The van der Waals surface area contributed by atoms with E-state index in [4.69, 9.17) is 5.73 Å². The molecule has 3 aromatic carbocycles. The molecule has 0 fully saturated rings. The van der Waals surface area contributed by atoms with E-state index < -0.39 is 0 Å². The van der Waals surface area contributed by atoms with Crippen LogP contribution < -0.4 is 11.3 Å². The Morgan fingerprint density at radius 2 is 1.41 bits per heavy atom. The SMILES string of the molecule is Nc1ccccc1-c1cnn(Cc2ccccc2)c(=O)c1-c1ccccc1. The minimum atomic E-state index is -0.134. The van der Waals surface area contributed by atoms with Gasteiger partial charge in [-0.25, -0.2) is 4.68 Å². The highest BCUT2D eigenvalue weighted by atomic mass is 16.1. The topological polar surface area (TPSA) is 60.9 Å². The summed E-state index contributed by atoms with van der Waals surface area (Å²) < 4.78 is 1.50. The summed E-state index contributed by atoms with van der Waals surface area (Å²) in [5.41, 5.74) is 10.7. The van der Waals surface area contributed by atoms with Crippen molar-refractivity contribution in [2.45, 2.75) is 6.54 Å².